The van der Waals surface area contributed by atoms with E-state index in [4.69, 9.17) is 0 Å². The van der Waals surface area contributed by atoms with E-state index in [0.717, 1.165) is 36.6 Å². The number of nitrogens with one attached hydrogen (secondary N) is 1. The highest BCUT2D eigenvalue weighted by Gasteiger charge is 2.25. The molecule has 1 atom stereocenters. The molecule has 1 aromatic heterocycles. The molecular formula is C14H18N4O. The van der Waals surface area contributed by atoms with Gasteiger partial charge >= 0.3 is 0 Å². The number of hydrogen-bond acceptors (Lipinski definition) is 4. The smallest absolute Gasteiger partial charge is 0.217 e. The molecule has 1 N–H and O–H groups in total. The van der Waals surface area contributed by atoms with Crippen molar-refractivity contribution >= 4 is 11.6 Å². The standard InChI is InChI=1S/C14H18N4O/c1-9-6-14(13(7-15)10(2)16-9)18-5-4-12(8-18)17-11(3)19/h6,12H,4-5,8H2,1-3H3,(H,17,19). The van der Waals surface area contributed by atoms with E-state index in [1.54, 1.807) is 0 Å². The lowest BCUT2D eigenvalue weighted by Crippen LogP contribution is -2.35. The van der Waals surface area contributed by atoms with Crippen LogP contribution in [0.2, 0.25) is 0 Å². The number of nitrogens with zero attached hydrogens (tertiary/aromatic N) is 3. The minimum Gasteiger partial charge on any atom is -0.368 e. The predicted octanol–water partition coefficient (Wildman–Crippen LogP) is 1.28. The van der Waals surface area contributed by atoms with Gasteiger partial charge in [-0.2, -0.15) is 5.26 Å². The first kappa shape index (κ1) is 13.3. The van der Waals surface area contributed by atoms with E-state index < -0.39 is 0 Å². The average Bonchev–Trinajstić information content (AvgIpc) is 2.75. The summed E-state index contributed by atoms with van der Waals surface area (Å²) in [4.78, 5) is 17.6. The topological polar surface area (TPSA) is 69.0 Å². The molecule has 0 bridgehead atoms. The highest BCUT2D eigenvalue weighted by atomic mass is 16.1. The second-order valence-electron chi connectivity index (χ2n) is 4.99. The van der Waals surface area contributed by atoms with Crippen LogP contribution in [0.3, 0.4) is 0 Å². The Morgan fingerprint density at radius 3 is 2.95 bits per heavy atom. The molecule has 1 aliphatic rings. The fraction of sp³-hybridized carbons (Fsp3) is 0.500. The van der Waals surface area contributed by atoms with Gasteiger partial charge in [-0.1, -0.05) is 0 Å². The number of nitriles is 1. The van der Waals surface area contributed by atoms with E-state index in [9.17, 15) is 10.1 Å². The van der Waals surface area contributed by atoms with Crippen molar-refractivity contribution in [2.24, 2.45) is 0 Å². The minimum atomic E-state index is -0.00514. The van der Waals surface area contributed by atoms with Crippen LogP contribution in [0.1, 0.15) is 30.3 Å². The molecule has 100 valence electrons. The Morgan fingerprint density at radius 1 is 1.58 bits per heavy atom. The third-order valence-corrected chi connectivity index (χ3v) is 3.36. The van der Waals surface area contributed by atoms with Crippen LogP contribution in [0.15, 0.2) is 6.07 Å². The number of aromatic nitrogens is 1. The summed E-state index contributed by atoms with van der Waals surface area (Å²) in [7, 11) is 0. The summed E-state index contributed by atoms with van der Waals surface area (Å²) in [5, 5.41) is 12.2. The normalized spacial score (nSPS) is 18.2. The molecule has 0 radical (unpaired) electrons. The van der Waals surface area contributed by atoms with Gasteiger partial charge in [-0.15, -0.1) is 0 Å². The summed E-state index contributed by atoms with van der Waals surface area (Å²) < 4.78 is 0. The van der Waals surface area contributed by atoms with Crippen LogP contribution in [0.25, 0.3) is 0 Å². The van der Waals surface area contributed by atoms with Gasteiger partial charge in [-0.05, 0) is 26.3 Å². The Morgan fingerprint density at radius 2 is 2.32 bits per heavy atom. The first-order valence-corrected chi connectivity index (χ1v) is 6.41. The van der Waals surface area contributed by atoms with Gasteiger partial charge in [-0.3, -0.25) is 9.78 Å². The number of aryl methyl sites for hydroxylation is 2. The van der Waals surface area contributed by atoms with E-state index in [1.807, 2.05) is 19.9 Å². The van der Waals surface area contributed by atoms with Gasteiger partial charge in [0.1, 0.15) is 6.07 Å². The second kappa shape index (κ2) is 5.27. The van der Waals surface area contributed by atoms with Crippen molar-refractivity contribution < 1.29 is 4.79 Å². The Labute approximate surface area is 113 Å². The predicted molar refractivity (Wildman–Crippen MR) is 72.9 cm³/mol. The molecule has 5 nitrogen and oxygen atoms in total. The molecule has 1 fully saturated rings. The first-order chi connectivity index (χ1) is 9.01. The number of pyridine rings is 1. The summed E-state index contributed by atoms with van der Waals surface area (Å²) >= 11 is 0. The van der Waals surface area contributed by atoms with Gasteiger partial charge in [0.25, 0.3) is 0 Å². The van der Waals surface area contributed by atoms with E-state index in [1.165, 1.54) is 6.92 Å². The van der Waals surface area contributed by atoms with Crippen LogP contribution in [-0.2, 0) is 4.79 Å². The summed E-state index contributed by atoms with van der Waals surface area (Å²) in [5.74, 6) is -0.00514. The third-order valence-electron chi connectivity index (χ3n) is 3.36. The zero-order chi connectivity index (χ0) is 14.0. The summed E-state index contributed by atoms with van der Waals surface area (Å²) in [5.41, 5.74) is 3.24. The maximum absolute atomic E-state index is 11.1. The highest BCUT2D eigenvalue weighted by Crippen LogP contribution is 2.26. The van der Waals surface area contributed by atoms with Crippen LogP contribution in [0.4, 0.5) is 5.69 Å². The zero-order valence-electron chi connectivity index (χ0n) is 11.5. The molecule has 0 spiro atoms. The number of carbonyl (C=O) groups excluding carboxylic acids is 1. The van der Waals surface area contributed by atoms with E-state index in [-0.39, 0.29) is 11.9 Å². The van der Waals surface area contributed by atoms with Gasteiger partial charge in [0.05, 0.1) is 16.9 Å². The van der Waals surface area contributed by atoms with Gasteiger partial charge in [0, 0.05) is 31.7 Å². The summed E-state index contributed by atoms with van der Waals surface area (Å²) in [6.45, 7) is 6.92. The highest BCUT2D eigenvalue weighted by molar-refractivity contribution is 5.73. The summed E-state index contributed by atoms with van der Waals surface area (Å²) in [6.07, 6.45) is 0.908. The van der Waals surface area contributed by atoms with Gasteiger partial charge in [0.2, 0.25) is 5.91 Å². The van der Waals surface area contributed by atoms with Crippen LogP contribution >= 0.6 is 0 Å². The lowest BCUT2D eigenvalue weighted by molar-refractivity contribution is -0.119. The molecule has 1 aromatic rings. The molecule has 2 heterocycles. The zero-order valence-corrected chi connectivity index (χ0v) is 11.5. The third kappa shape index (κ3) is 2.84. The largest absolute Gasteiger partial charge is 0.368 e. The van der Waals surface area contributed by atoms with Gasteiger partial charge in [-0.25, -0.2) is 0 Å². The fourth-order valence-electron chi connectivity index (χ4n) is 2.58. The minimum absolute atomic E-state index is 0.00514. The Bertz CT molecular complexity index is 547. The molecule has 1 saturated heterocycles. The Balaban J connectivity index is 2.24. The van der Waals surface area contributed by atoms with Crippen molar-refractivity contribution in [1.82, 2.24) is 10.3 Å². The monoisotopic (exact) mass is 258 g/mol. The SMILES string of the molecule is CC(=O)NC1CCN(c2cc(C)nc(C)c2C#N)C1. The maximum atomic E-state index is 11.1. The van der Waals surface area contributed by atoms with Crippen LogP contribution in [0, 0.1) is 25.2 Å². The number of anilines is 1. The molecule has 19 heavy (non-hydrogen) atoms. The van der Waals surface area contributed by atoms with Gasteiger partial charge in [0.15, 0.2) is 0 Å². The Kier molecular flexibility index (Phi) is 3.70. The van der Waals surface area contributed by atoms with Crippen LogP contribution in [0.5, 0.6) is 0 Å². The quantitative estimate of drug-likeness (QED) is 0.867. The number of hydrogen-bond donors (Lipinski definition) is 1. The molecule has 0 aliphatic carbocycles. The number of amides is 1. The van der Waals surface area contributed by atoms with Crippen LogP contribution < -0.4 is 10.2 Å². The van der Waals surface area contributed by atoms with E-state index in [2.05, 4.69) is 21.3 Å². The van der Waals surface area contributed by atoms with Crippen molar-refractivity contribution in [2.45, 2.75) is 33.2 Å². The molecule has 2 rings (SSSR count). The number of carbonyl (C=O) groups is 1. The maximum Gasteiger partial charge on any atom is 0.217 e. The fourth-order valence-corrected chi connectivity index (χ4v) is 2.58. The van der Waals surface area contributed by atoms with Crippen molar-refractivity contribution in [3.8, 4) is 6.07 Å². The van der Waals surface area contributed by atoms with E-state index >= 15 is 0 Å². The average molecular weight is 258 g/mol. The Hall–Kier alpha value is -2.09. The van der Waals surface area contributed by atoms with E-state index in [0.29, 0.717) is 5.56 Å². The lowest BCUT2D eigenvalue weighted by Gasteiger charge is -2.21. The van der Waals surface area contributed by atoms with Crippen LogP contribution in [-0.4, -0.2) is 30.0 Å². The second-order valence-corrected chi connectivity index (χ2v) is 4.99. The van der Waals surface area contributed by atoms with Crippen molar-refractivity contribution in [1.29, 1.82) is 5.26 Å². The molecule has 0 saturated carbocycles. The molecular weight excluding hydrogens is 240 g/mol. The van der Waals surface area contributed by atoms with Crippen molar-refractivity contribution in [3.63, 3.8) is 0 Å². The summed E-state index contributed by atoms with van der Waals surface area (Å²) in [6, 6.07) is 4.34. The van der Waals surface area contributed by atoms with Gasteiger partial charge < -0.3 is 10.2 Å². The molecule has 0 aromatic carbocycles. The first-order valence-electron chi connectivity index (χ1n) is 6.41. The molecule has 1 aliphatic heterocycles. The molecule has 1 unspecified atom stereocenters. The lowest BCUT2D eigenvalue weighted by atomic mass is 10.1. The number of rotatable bonds is 2. The van der Waals surface area contributed by atoms with Crippen molar-refractivity contribution in [2.75, 3.05) is 18.0 Å². The molecule has 5 heteroatoms. The van der Waals surface area contributed by atoms with Crippen molar-refractivity contribution in [3.05, 3.63) is 23.0 Å². The molecule has 1 amide bonds.